The van der Waals surface area contributed by atoms with Crippen molar-refractivity contribution >= 4 is 23.2 Å². The van der Waals surface area contributed by atoms with Crippen LogP contribution in [0.15, 0.2) is 18.2 Å². The van der Waals surface area contributed by atoms with Crippen LogP contribution in [0.2, 0.25) is 10.0 Å². The van der Waals surface area contributed by atoms with Gasteiger partial charge < -0.3 is 14.8 Å². The first-order valence-electron chi connectivity index (χ1n) is 5.29. The quantitative estimate of drug-likeness (QED) is 0.812. The van der Waals surface area contributed by atoms with Crippen molar-refractivity contribution in [2.24, 2.45) is 0 Å². The lowest BCUT2D eigenvalue weighted by Gasteiger charge is -2.24. The van der Waals surface area contributed by atoms with Gasteiger partial charge in [0.15, 0.2) is 6.29 Å². The Kier molecular flexibility index (Phi) is 6.23. The van der Waals surface area contributed by atoms with E-state index < -0.39 is 0 Å². The number of benzene rings is 1. The summed E-state index contributed by atoms with van der Waals surface area (Å²) in [4.78, 5) is 0. The van der Waals surface area contributed by atoms with Crippen molar-refractivity contribution in [3.8, 4) is 0 Å². The second kappa shape index (κ2) is 7.19. The summed E-state index contributed by atoms with van der Waals surface area (Å²) < 4.78 is 10.5. The van der Waals surface area contributed by atoms with E-state index in [4.69, 9.17) is 32.7 Å². The van der Waals surface area contributed by atoms with Gasteiger partial charge in [0.05, 0.1) is 16.1 Å². The molecule has 0 heterocycles. The maximum Gasteiger partial charge on any atom is 0.172 e. The fourth-order valence-corrected chi connectivity index (χ4v) is 2.00. The van der Waals surface area contributed by atoms with E-state index in [-0.39, 0.29) is 12.3 Å². The lowest BCUT2D eigenvalue weighted by atomic mass is 10.1. The second-order valence-electron chi connectivity index (χ2n) is 3.69. The van der Waals surface area contributed by atoms with Crippen LogP contribution in [0.5, 0.6) is 0 Å². The van der Waals surface area contributed by atoms with Gasteiger partial charge in [-0.25, -0.2) is 0 Å². The van der Waals surface area contributed by atoms with Crippen molar-refractivity contribution in [3.63, 3.8) is 0 Å². The molecule has 0 fully saturated rings. The van der Waals surface area contributed by atoms with E-state index in [0.717, 1.165) is 12.0 Å². The molecular formula is C12H17Cl2NO2. The van der Waals surface area contributed by atoms with Crippen molar-refractivity contribution in [1.29, 1.82) is 0 Å². The Morgan fingerprint density at radius 1 is 1.18 bits per heavy atom. The van der Waals surface area contributed by atoms with Crippen molar-refractivity contribution < 1.29 is 9.47 Å². The predicted octanol–water partition coefficient (Wildman–Crippen LogP) is 2.74. The van der Waals surface area contributed by atoms with Crippen LogP contribution < -0.4 is 5.32 Å². The largest absolute Gasteiger partial charge is 0.354 e. The van der Waals surface area contributed by atoms with Crippen LogP contribution in [-0.2, 0) is 15.9 Å². The minimum atomic E-state index is -0.297. The Morgan fingerprint density at radius 3 is 2.29 bits per heavy atom. The van der Waals surface area contributed by atoms with Gasteiger partial charge >= 0.3 is 0 Å². The van der Waals surface area contributed by atoms with E-state index >= 15 is 0 Å². The lowest BCUT2D eigenvalue weighted by molar-refractivity contribution is -0.121. The summed E-state index contributed by atoms with van der Waals surface area (Å²) in [6.07, 6.45) is 0.453. The van der Waals surface area contributed by atoms with Crippen molar-refractivity contribution in [3.05, 3.63) is 33.8 Å². The molecule has 0 aliphatic heterocycles. The molecule has 1 N–H and O–H groups in total. The fourth-order valence-electron chi connectivity index (χ4n) is 1.68. The zero-order chi connectivity index (χ0) is 12.8. The first-order chi connectivity index (χ1) is 8.12. The summed E-state index contributed by atoms with van der Waals surface area (Å²) in [5.74, 6) is 0. The lowest BCUT2D eigenvalue weighted by Crippen LogP contribution is -2.41. The number of ether oxygens (including phenoxy) is 2. The minimum Gasteiger partial charge on any atom is -0.354 e. The van der Waals surface area contributed by atoms with Gasteiger partial charge in [-0.2, -0.15) is 0 Å². The summed E-state index contributed by atoms with van der Waals surface area (Å²) in [7, 11) is 5.11. The highest BCUT2D eigenvalue weighted by Crippen LogP contribution is 2.23. The summed E-state index contributed by atoms with van der Waals surface area (Å²) in [6, 6.07) is 5.65. The molecule has 0 spiro atoms. The Hall–Kier alpha value is -0.320. The number of rotatable bonds is 6. The van der Waals surface area contributed by atoms with Crippen LogP contribution in [0, 0.1) is 0 Å². The molecule has 0 aliphatic rings. The first-order valence-corrected chi connectivity index (χ1v) is 6.04. The Bertz CT molecular complexity index is 356. The number of hydrogen-bond acceptors (Lipinski definition) is 3. The van der Waals surface area contributed by atoms with Crippen molar-refractivity contribution in [2.75, 3.05) is 21.3 Å². The van der Waals surface area contributed by atoms with Crippen LogP contribution in [-0.4, -0.2) is 33.6 Å². The number of methoxy groups -OCH3 is 2. The van der Waals surface area contributed by atoms with E-state index in [1.165, 1.54) is 0 Å². The molecule has 1 unspecified atom stereocenters. The molecule has 0 amide bonds. The van der Waals surface area contributed by atoms with Gasteiger partial charge in [-0.3, -0.25) is 0 Å². The van der Waals surface area contributed by atoms with E-state index in [1.54, 1.807) is 20.3 Å². The first kappa shape index (κ1) is 14.7. The molecule has 3 nitrogen and oxygen atoms in total. The molecule has 1 aromatic carbocycles. The average Bonchev–Trinajstić information content (AvgIpc) is 2.33. The van der Waals surface area contributed by atoms with Crippen LogP contribution in [0.25, 0.3) is 0 Å². The van der Waals surface area contributed by atoms with Crippen molar-refractivity contribution in [1.82, 2.24) is 5.32 Å². The van der Waals surface area contributed by atoms with Gasteiger partial charge in [0.25, 0.3) is 0 Å². The second-order valence-corrected chi connectivity index (χ2v) is 4.50. The predicted molar refractivity (Wildman–Crippen MR) is 70.8 cm³/mol. The Balaban J connectivity index is 2.76. The highest BCUT2D eigenvalue weighted by molar-refractivity contribution is 6.42. The van der Waals surface area contributed by atoms with E-state index in [0.29, 0.717) is 10.0 Å². The van der Waals surface area contributed by atoms with E-state index in [1.807, 2.05) is 19.2 Å². The zero-order valence-electron chi connectivity index (χ0n) is 10.2. The van der Waals surface area contributed by atoms with Crippen LogP contribution in [0.1, 0.15) is 5.56 Å². The molecule has 1 aromatic rings. The molecule has 0 saturated heterocycles. The summed E-state index contributed by atoms with van der Waals surface area (Å²) >= 11 is 11.8. The highest BCUT2D eigenvalue weighted by Gasteiger charge is 2.19. The van der Waals surface area contributed by atoms with E-state index in [9.17, 15) is 0 Å². The van der Waals surface area contributed by atoms with Crippen LogP contribution >= 0.6 is 23.2 Å². The SMILES string of the molecule is CNC(Cc1ccc(Cl)c(Cl)c1)C(OC)OC. The highest BCUT2D eigenvalue weighted by atomic mass is 35.5. The molecule has 96 valence electrons. The third kappa shape index (κ3) is 4.12. The van der Waals surface area contributed by atoms with Gasteiger partial charge in [-0.15, -0.1) is 0 Å². The molecule has 0 bridgehead atoms. The Morgan fingerprint density at radius 2 is 1.82 bits per heavy atom. The number of nitrogens with one attached hydrogen (secondary N) is 1. The van der Waals surface area contributed by atoms with Gasteiger partial charge in [0.1, 0.15) is 0 Å². The molecule has 5 heteroatoms. The fraction of sp³-hybridized carbons (Fsp3) is 0.500. The summed E-state index contributed by atoms with van der Waals surface area (Å²) in [5.41, 5.74) is 1.08. The van der Waals surface area contributed by atoms with Gasteiger partial charge in [0, 0.05) is 14.2 Å². The normalized spacial score (nSPS) is 13.1. The maximum absolute atomic E-state index is 5.97. The van der Waals surface area contributed by atoms with Gasteiger partial charge in [-0.05, 0) is 31.2 Å². The number of halogens is 2. The molecular weight excluding hydrogens is 261 g/mol. The third-order valence-electron chi connectivity index (χ3n) is 2.60. The zero-order valence-corrected chi connectivity index (χ0v) is 11.7. The van der Waals surface area contributed by atoms with Gasteiger partial charge in [-0.1, -0.05) is 29.3 Å². The molecule has 0 aromatic heterocycles. The summed E-state index contributed by atoms with van der Waals surface area (Å²) in [6.45, 7) is 0. The Labute approximate surface area is 112 Å². The topological polar surface area (TPSA) is 30.5 Å². The molecule has 1 rings (SSSR count). The smallest absolute Gasteiger partial charge is 0.172 e. The van der Waals surface area contributed by atoms with Gasteiger partial charge in [0.2, 0.25) is 0 Å². The third-order valence-corrected chi connectivity index (χ3v) is 3.34. The minimum absolute atomic E-state index is 0.0576. The molecule has 0 saturated carbocycles. The average molecular weight is 278 g/mol. The molecule has 0 radical (unpaired) electrons. The maximum atomic E-state index is 5.97. The van der Waals surface area contributed by atoms with Crippen LogP contribution in [0.4, 0.5) is 0 Å². The van der Waals surface area contributed by atoms with Crippen molar-refractivity contribution in [2.45, 2.75) is 18.8 Å². The molecule has 17 heavy (non-hydrogen) atoms. The van der Waals surface area contributed by atoms with Crippen LogP contribution in [0.3, 0.4) is 0 Å². The molecule has 0 aliphatic carbocycles. The monoisotopic (exact) mass is 277 g/mol. The number of hydrogen-bond donors (Lipinski definition) is 1. The standard InChI is InChI=1S/C12H17Cl2NO2/c1-15-11(12(16-2)17-3)7-8-4-5-9(13)10(14)6-8/h4-6,11-12,15H,7H2,1-3H3. The van der Waals surface area contributed by atoms with E-state index in [2.05, 4.69) is 5.32 Å². The summed E-state index contributed by atoms with van der Waals surface area (Å²) in [5, 5.41) is 4.28. The molecule has 1 atom stereocenters. The number of likely N-dealkylation sites (N-methyl/N-ethyl adjacent to an activating group) is 1.